The van der Waals surface area contributed by atoms with E-state index in [9.17, 15) is 9.59 Å². The van der Waals surface area contributed by atoms with E-state index in [1.807, 2.05) is 32.9 Å². The molecule has 0 bridgehead atoms. The first-order chi connectivity index (χ1) is 15.0. The Kier molecular flexibility index (Phi) is 4.39. The molecule has 0 fully saturated rings. The van der Waals surface area contributed by atoms with Crippen molar-refractivity contribution in [1.29, 1.82) is 0 Å². The maximum absolute atomic E-state index is 13.0. The predicted octanol–water partition coefficient (Wildman–Crippen LogP) is 2.73. The van der Waals surface area contributed by atoms with Crippen molar-refractivity contribution in [1.82, 2.24) is 25.0 Å². The highest BCUT2D eigenvalue weighted by molar-refractivity contribution is 5.95. The molecule has 4 heterocycles. The van der Waals surface area contributed by atoms with E-state index in [4.69, 9.17) is 9.26 Å². The Morgan fingerprint density at radius 2 is 2.16 bits per heavy atom. The topological polar surface area (TPSA) is 115 Å². The molecular weight excluding hydrogens is 398 g/mol. The number of nitrogens with zero attached hydrogens (tertiary/aromatic N) is 3. The zero-order valence-electron chi connectivity index (χ0n) is 17.4. The zero-order valence-corrected chi connectivity index (χ0v) is 17.4. The third-order valence-electron chi connectivity index (χ3n) is 5.58. The van der Waals surface area contributed by atoms with Crippen molar-refractivity contribution in [3.63, 3.8) is 0 Å². The van der Waals surface area contributed by atoms with Gasteiger partial charge >= 0.3 is 5.69 Å². The Hall–Kier alpha value is -3.88. The summed E-state index contributed by atoms with van der Waals surface area (Å²) in [6.07, 6.45) is 1.57. The Morgan fingerprint density at radius 1 is 1.32 bits per heavy atom. The van der Waals surface area contributed by atoms with Crippen LogP contribution >= 0.6 is 0 Å². The summed E-state index contributed by atoms with van der Waals surface area (Å²) in [5.41, 5.74) is 4.34. The number of hydrogen-bond acceptors (Lipinski definition) is 6. The summed E-state index contributed by atoms with van der Waals surface area (Å²) < 4.78 is 13.2. The van der Waals surface area contributed by atoms with E-state index < -0.39 is 6.04 Å². The van der Waals surface area contributed by atoms with Gasteiger partial charge in [-0.05, 0) is 39.0 Å². The number of amides is 1. The number of benzene rings is 1. The van der Waals surface area contributed by atoms with Crippen molar-refractivity contribution in [3.05, 3.63) is 63.7 Å². The highest BCUT2D eigenvalue weighted by Gasteiger charge is 2.32. The molecule has 1 unspecified atom stereocenters. The van der Waals surface area contributed by atoms with Gasteiger partial charge in [0.05, 0.1) is 16.8 Å². The van der Waals surface area contributed by atoms with Crippen LogP contribution < -0.4 is 15.7 Å². The Balaban J connectivity index is 1.74. The summed E-state index contributed by atoms with van der Waals surface area (Å²) in [7, 11) is 0. The maximum atomic E-state index is 13.0. The largest absolute Gasteiger partial charge is 0.488 e. The molecule has 1 aliphatic rings. The van der Waals surface area contributed by atoms with E-state index in [0.29, 0.717) is 34.7 Å². The van der Waals surface area contributed by atoms with Gasteiger partial charge in [0, 0.05) is 23.9 Å². The van der Waals surface area contributed by atoms with Gasteiger partial charge < -0.3 is 19.6 Å². The molecule has 0 aliphatic carbocycles. The normalized spacial score (nSPS) is 15.1. The number of nitrogens with one attached hydrogen (secondary N) is 2. The summed E-state index contributed by atoms with van der Waals surface area (Å²) in [5.74, 6) is 0.979. The molecule has 9 heteroatoms. The number of aromatic nitrogens is 4. The summed E-state index contributed by atoms with van der Waals surface area (Å²) in [6, 6.07) is 6.80. The summed E-state index contributed by atoms with van der Waals surface area (Å²) in [4.78, 5) is 32.7. The second-order valence-corrected chi connectivity index (χ2v) is 7.47. The fourth-order valence-corrected chi connectivity index (χ4v) is 4.28. The number of imidazole rings is 1. The number of ether oxygens (including phenoxy) is 1. The number of pyridine rings is 1. The highest BCUT2D eigenvalue weighted by Crippen LogP contribution is 2.43. The number of carbonyl (C=O) groups is 1. The van der Waals surface area contributed by atoms with Crippen molar-refractivity contribution in [3.8, 4) is 16.9 Å². The molecule has 1 aliphatic heterocycles. The average molecular weight is 419 g/mol. The second-order valence-electron chi connectivity index (χ2n) is 7.47. The first kappa shape index (κ1) is 19.1. The van der Waals surface area contributed by atoms with Gasteiger partial charge in [-0.3, -0.25) is 14.3 Å². The minimum Gasteiger partial charge on any atom is -0.488 e. The standard InChI is InChI=1S/C22H21N5O4/c1-4-23-21(28)18-13(6-5-9-24-18)16-10-30-20-14(17-11(2)26-31-12(17)3)7-8-15-19(20)27(16)22(29)25-15/h5-9,16H,4,10H2,1-3H3,(H,23,28)(H,25,29). The van der Waals surface area contributed by atoms with Crippen molar-refractivity contribution in [2.75, 3.05) is 13.2 Å². The molecule has 3 aromatic heterocycles. The lowest BCUT2D eigenvalue weighted by Crippen LogP contribution is -2.33. The average Bonchev–Trinajstić information content (AvgIpc) is 3.29. The molecule has 0 radical (unpaired) electrons. The number of carbonyl (C=O) groups excluding carboxylic acids is 1. The van der Waals surface area contributed by atoms with Gasteiger partial charge in [-0.15, -0.1) is 0 Å². The molecule has 1 aromatic carbocycles. The van der Waals surface area contributed by atoms with Gasteiger partial charge in [0.25, 0.3) is 5.91 Å². The Morgan fingerprint density at radius 3 is 2.90 bits per heavy atom. The van der Waals surface area contributed by atoms with Gasteiger partial charge in [0.2, 0.25) is 0 Å². The maximum Gasteiger partial charge on any atom is 0.327 e. The quantitative estimate of drug-likeness (QED) is 0.526. The number of aryl methyl sites for hydroxylation is 2. The highest BCUT2D eigenvalue weighted by atomic mass is 16.5. The molecule has 4 aromatic rings. The lowest BCUT2D eigenvalue weighted by molar-refractivity contribution is 0.0948. The van der Waals surface area contributed by atoms with Crippen LogP contribution in [0.3, 0.4) is 0 Å². The molecule has 1 amide bonds. The van der Waals surface area contributed by atoms with Gasteiger partial charge in [-0.2, -0.15) is 0 Å². The lowest BCUT2D eigenvalue weighted by atomic mass is 9.99. The molecule has 0 saturated heterocycles. The minimum atomic E-state index is -0.500. The van der Waals surface area contributed by atoms with Crippen LogP contribution in [0.2, 0.25) is 0 Å². The van der Waals surface area contributed by atoms with Crippen LogP contribution in [0, 0.1) is 13.8 Å². The fraction of sp³-hybridized carbons (Fsp3) is 0.273. The first-order valence-corrected chi connectivity index (χ1v) is 10.1. The van der Waals surface area contributed by atoms with Crippen molar-refractivity contribution in [2.45, 2.75) is 26.8 Å². The van der Waals surface area contributed by atoms with Gasteiger partial charge in [-0.25, -0.2) is 4.79 Å². The smallest absolute Gasteiger partial charge is 0.327 e. The molecule has 158 valence electrons. The van der Waals surface area contributed by atoms with E-state index >= 15 is 0 Å². The number of aromatic amines is 1. The molecule has 1 atom stereocenters. The molecule has 0 saturated carbocycles. The van der Waals surface area contributed by atoms with E-state index in [2.05, 4.69) is 20.4 Å². The molecule has 31 heavy (non-hydrogen) atoms. The minimum absolute atomic E-state index is 0.179. The van der Waals surface area contributed by atoms with Crippen LogP contribution in [0.25, 0.3) is 22.2 Å². The van der Waals surface area contributed by atoms with Crippen LogP contribution in [0.5, 0.6) is 5.75 Å². The number of hydrogen-bond donors (Lipinski definition) is 2. The van der Waals surface area contributed by atoms with Crippen molar-refractivity contribution >= 4 is 16.9 Å². The Labute approximate surface area is 177 Å². The molecule has 9 nitrogen and oxygen atoms in total. The zero-order chi connectivity index (χ0) is 21.7. The third-order valence-corrected chi connectivity index (χ3v) is 5.58. The van der Waals surface area contributed by atoms with E-state index in [-0.39, 0.29) is 23.9 Å². The van der Waals surface area contributed by atoms with Crippen molar-refractivity contribution < 1.29 is 14.1 Å². The summed E-state index contributed by atoms with van der Waals surface area (Å²) in [5, 5.41) is 6.82. The third kappa shape index (κ3) is 2.84. The second kappa shape index (κ2) is 7.12. The van der Waals surface area contributed by atoms with Crippen LogP contribution in [0.15, 0.2) is 39.8 Å². The molecule has 5 rings (SSSR count). The van der Waals surface area contributed by atoms with Gasteiger partial charge in [0.15, 0.2) is 5.75 Å². The SMILES string of the molecule is CCNC(=O)c1ncccc1C1COc2c(-c3c(C)noc3C)ccc3[nH]c(=O)n1c23. The van der Waals surface area contributed by atoms with Crippen LogP contribution in [0.4, 0.5) is 0 Å². The molecule has 0 spiro atoms. The monoisotopic (exact) mass is 419 g/mol. The lowest BCUT2D eigenvalue weighted by Gasteiger charge is -2.27. The van der Waals surface area contributed by atoms with Crippen LogP contribution in [-0.2, 0) is 0 Å². The van der Waals surface area contributed by atoms with E-state index in [1.54, 1.807) is 22.9 Å². The van der Waals surface area contributed by atoms with Gasteiger partial charge in [-0.1, -0.05) is 11.2 Å². The van der Waals surface area contributed by atoms with E-state index in [0.717, 1.165) is 16.8 Å². The van der Waals surface area contributed by atoms with Crippen molar-refractivity contribution in [2.24, 2.45) is 0 Å². The number of rotatable bonds is 4. The summed E-state index contributed by atoms with van der Waals surface area (Å²) in [6.45, 7) is 6.21. The van der Waals surface area contributed by atoms with Crippen LogP contribution in [-0.4, -0.2) is 38.8 Å². The summed E-state index contributed by atoms with van der Waals surface area (Å²) >= 11 is 0. The van der Waals surface area contributed by atoms with Gasteiger partial charge in [0.1, 0.15) is 29.6 Å². The fourth-order valence-electron chi connectivity index (χ4n) is 4.28. The number of H-pyrrole nitrogens is 1. The predicted molar refractivity (Wildman–Crippen MR) is 113 cm³/mol. The van der Waals surface area contributed by atoms with Crippen LogP contribution in [0.1, 0.15) is 40.5 Å². The van der Waals surface area contributed by atoms with E-state index in [1.165, 1.54) is 0 Å². The molecule has 2 N–H and O–H groups in total. The Bertz CT molecular complexity index is 1360. The molecular formula is C22H21N5O4. The first-order valence-electron chi connectivity index (χ1n) is 10.1.